The molecule has 0 heterocycles. The van der Waals surface area contributed by atoms with Crippen LogP contribution in [-0.2, 0) is 9.47 Å². The lowest BCUT2D eigenvalue weighted by Crippen LogP contribution is -2.13. The summed E-state index contributed by atoms with van der Waals surface area (Å²) in [5.74, 6) is 0.302. The molecule has 0 amide bonds. The Kier molecular flexibility index (Phi) is 5.56. The van der Waals surface area contributed by atoms with Gasteiger partial charge in [0.1, 0.15) is 6.61 Å². The van der Waals surface area contributed by atoms with Crippen molar-refractivity contribution in [2.24, 2.45) is 5.92 Å². The molecule has 0 saturated carbocycles. The van der Waals surface area contributed by atoms with E-state index < -0.39 is 6.16 Å². The largest absolute Gasteiger partial charge is 0.508 e. The average molecular weight is 162 g/mol. The smallest absolute Gasteiger partial charge is 0.434 e. The topological polar surface area (TPSA) is 55.8 Å². The summed E-state index contributed by atoms with van der Waals surface area (Å²) in [5, 5.41) is 8.26. The molecule has 0 aromatic heterocycles. The molecule has 0 fully saturated rings. The SMILES string of the molecule is CC(C)COC(=O)OCCO. The lowest BCUT2D eigenvalue weighted by atomic mass is 10.2. The molecule has 0 bridgehead atoms. The number of ether oxygens (including phenoxy) is 2. The lowest BCUT2D eigenvalue weighted by molar-refractivity contribution is 0.0369. The number of hydrogen-bond donors (Lipinski definition) is 1. The Labute approximate surface area is 66.1 Å². The van der Waals surface area contributed by atoms with Crippen LogP contribution in [0.2, 0.25) is 0 Å². The van der Waals surface area contributed by atoms with Crippen molar-refractivity contribution in [3.63, 3.8) is 0 Å². The third-order valence-corrected chi connectivity index (χ3v) is 0.846. The normalized spacial score (nSPS) is 9.82. The molecule has 0 aromatic rings. The predicted molar refractivity (Wildman–Crippen MR) is 39.2 cm³/mol. The first-order valence-electron chi connectivity index (χ1n) is 3.57. The summed E-state index contributed by atoms with van der Waals surface area (Å²) in [4.78, 5) is 10.6. The van der Waals surface area contributed by atoms with Crippen molar-refractivity contribution in [1.29, 1.82) is 0 Å². The Morgan fingerprint density at radius 1 is 1.45 bits per heavy atom. The molecule has 0 radical (unpaired) electrons. The molecule has 0 spiro atoms. The Morgan fingerprint density at radius 3 is 2.55 bits per heavy atom. The van der Waals surface area contributed by atoms with Gasteiger partial charge in [-0.25, -0.2) is 4.79 Å². The molecule has 4 heteroatoms. The summed E-state index contributed by atoms with van der Waals surface area (Å²) in [5.41, 5.74) is 0. The maximum atomic E-state index is 10.6. The summed E-state index contributed by atoms with van der Waals surface area (Å²) >= 11 is 0. The molecule has 0 aliphatic rings. The second kappa shape index (κ2) is 5.97. The van der Waals surface area contributed by atoms with Gasteiger partial charge in [0.15, 0.2) is 0 Å². The van der Waals surface area contributed by atoms with Crippen molar-refractivity contribution in [2.75, 3.05) is 19.8 Å². The first-order chi connectivity index (χ1) is 5.16. The Balaban J connectivity index is 3.23. The van der Waals surface area contributed by atoms with Gasteiger partial charge in [0.2, 0.25) is 0 Å². The molecule has 0 aliphatic carbocycles. The number of aliphatic hydroxyl groups excluding tert-OH is 1. The Morgan fingerprint density at radius 2 is 2.09 bits per heavy atom. The highest BCUT2D eigenvalue weighted by Crippen LogP contribution is 1.94. The number of rotatable bonds is 4. The summed E-state index contributed by atoms with van der Waals surface area (Å²) in [6, 6.07) is 0. The molecular formula is C7H14O4. The lowest BCUT2D eigenvalue weighted by Gasteiger charge is -2.06. The molecule has 0 saturated heterocycles. The predicted octanol–water partition coefficient (Wildman–Crippen LogP) is 0.788. The molecule has 0 aliphatic heterocycles. The molecule has 0 aromatic carbocycles. The van der Waals surface area contributed by atoms with Crippen molar-refractivity contribution in [3.05, 3.63) is 0 Å². The van der Waals surface area contributed by atoms with Crippen LogP contribution >= 0.6 is 0 Å². The van der Waals surface area contributed by atoms with Crippen molar-refractivity contribution in [1.82, 2.24) is 0 Å². The fourth-order valence-electron chi connectivity index (χ4n) is 0.405. The van der Waals surface area contributed by atoms with Gasteiger partial charge in [-0.2, -0.15) is 0 Å². The maximum Gasteiger partial charge on any atom is 0.508 e. The van der Waals surface area contributed by atoms with E-state index in [0.717, 1.165) is 0 Å². The van der Waals surface area contributed by atoms with Gasteiger partial charge >= 0.3 is 6.16 Å². The first kappa shape index (κ1) is 10.2. The number of aliphatic hydroxyl groups is 1. The highest BCUT2D eigenvalue weighted by molar-refractivity contribution is 5.59. The molecule has 66 valence electrons. The van der Waals surface area contributed by atoms with E-state index in [1.165, 1.54) is 0 Å². The van der Waals surface area contributed by atoms with Crippen LogP contribution in [0.4, 0.5) is 4.79 Å². The van der Waals surface area contributed by atoms with E-state index in [2.05, 4.69) is 9.47 Å². The molecule has 0 atom stereocenters. The van der Waals surface area contributed by atoms with Gasteiger partial charge in [-0.1, -0.05) is 13.8 Å². The fourth-order valence-corrected chi connectivity index (χ4v) is 0.405. The van der Waals surface area contributed by atoms with Crippen molar-refractivity contribution in [2.45, 2.75) is 13.8 Å². The van der Waals surface area contributed by atoms with E-state index >= 15 is 0 Å². The van der Waals surface area contributed by atoms with Crippen LogP contribution in [0.1, 0.15) is 13.8 Å². The first-order valence-corrected chi connectivity index (χ1v) is 3.57. The van der Waals surface area contributed by atoms with Crippen LogP contribution in [0, 0.1) is 5.92 Å². The van der Waals surface area contributed by atoms with Gasteiger partial charge in [0.05, 0.1) is 13.2 Å². The zero-order valence-corrected chi connectivity index (χ0v) is 6.87. The summed E-state index contributed by atoms with van der Waals surface area (Å²) in [7, 11) is 0. The zero-order chi connectivity index (χ0) is 8.69. The molecule has 11 heavy (non-hydrogen) atoms. The summed E-state index contributed by atoms with van der Waals surface area (Å²) in [6.45, 7) is 4.04. The van der Waals surface area contributed by atoms with E-state index in [1.807, 2.05) is 13.8 Å². The van der Waals surface area contributed by atoms with E-state index in [0.29, 0.717) is 12.5 Å². The van der Waals surface area contributed by atoms with Crippen molar-refractivity contribution >= 4 is 6.16 Å². The third-order valence-electron chi connectivity index (χ3n) is 0.846. The average Bonchev–Trinajstić information content (AvgIpc) is 1.97. The van der Waals surface area contributed by atoms with E-state index in [1.54, 1.807) is 0 Å². The van der Waals surface area contributed by atoms with E-state index in [9.17, 15) is 4.79 Å². The number of carbonyl (C=O) groups is 1. The Bertz CT molecular complexity index is 111. The summed E-state index contributed by atoms with van der Waals surface area (Å²) in [6.07, 6.45) is -0.715. The van der Waals surface area contributed by atoms with Crippen molar-refractivity contribution in [3.8, 4) is 0 Å². The van der Waals surface area contributed by atoms with Crippen LogP contribution in [0.5, 0.6) is 0 Å². The van der Waals surface area contributed by atoms with Gasteiger partial charge in [-0.15, -0.1) is 0 Å². The standard InChI is InChI=1S/C7H14O4/c1-6(2)5-11-7(9)10-4-3-8/h6,8H,3-5H2,1-2H3. The fraction of sp³-hybridized carbons (Fsp3) is 0.857. The minimum atomic E-state index is -0.715. The van der Waals surface area contributed by atoms with Gasteiger partial charge in [0.25, 0.3) is 0 Å². The number of carbonyl (C=O) groups excluding carboxylic acids is 1. The molecule has 1 N–H and O–H groups in total. The minimum Gasteiger partial charge on any atom is -0.434 e. The Hall–Kier alpha value is -0.770. The van der Waals surface area contributed by atoms with E-state index in [4.69, 9.17) is 5.11 Å². The van der Waals surface area contributed by atoms with Crippen LogP contribution in [0.15, 0.2) is 0 Å². The molecule has 0 rings (SSSR count). The quantitative estimate of drug-likeness (QED) is 0.621. The van der Waals surface area contributed by atoms with Crippen LogP contribution in [0.3, 0.4) is 0 Å². The van der Waals surface area contributed by atoms with Gasteiger partial charge < -0.3 is 14.6 Å². The number of hydrogen-bond acceptors (Lipinski definition) is 4. The highest BCUT2D eigenvalue weighted by atomic mass is 16.7. The van der Waals surface area contributed by atoms with Gasteiger partial charge in [0, 0.05) is 0 Å². The molecular weight excluding hydrogens is 148 g/mol. The minimum absolute atomic E-state index is 0.00305. The highest BCUT2D eigenvalue weighted by Gasteiger charge is 2.03. The monoisotopic (exact) mass is 162 g/mol. The van der Waals surface area contributed by atoms with Crippen LogP contribution in [-0.4, -0.2) is 31.1 Å². The van der Waals surface area contributed by atoms with Gasteiger partial charge in [-0.05, 0) is 5.92 Å². The third kappa shape index (κ3) is 7.12. The molecule has 4 nitrogen and oxygen atoms in total. The molecule has 0 unspecified atom stereocenters. The zero-order valence-electron chi connectivity index (χ0n) is 6.87. The van der Waals surface area contributed by atoms with Gasteiger partial charge in [-0.3, -0.25) is 0 Å². The van der Waals surface area contributed by atoms with Crippen LogP contribution < -0.4 is 0 Å². The summed E-state index contributed by atoms with van der Waals surface area (Å²) < 4.78 is 9.06. The van der Waals surface area contributed by atoms with Crippen LogP contribution in [0.25, 0.3) is 0 Å². The maximum absolute atomic E-state index is 10.6. The van der Waals surface area contributed by atoms with E-state index in [-0.39, 0.29) is 13.2 Å². The second-order valence-corrected chi connectivity index (χ2v) is 2.53. The second-order valence-electron chi connectivity index (χ2n) is 2.53. The van der Waals surface area contributed by atoms with Crippen molar-refractivity contribution < 1.29 is 19.4 Å².